The normalized spacial score (nSPS) is 17.0. The van der Waals surface area contributed by atoms with Crippen molar-refractivity contribution in [1.82, 2.24) is 0 Å². The molecule has 0 amide bonds. The molecule has 0 saturated carbocycles. The van der Waals surface area contributed by atoms with Crippen molar-refractivity contribution in [3.05, 3.63) is 23.3 Å². The number of carbonyl (C=O) groups excluding carboxylic acids is 1. The Hall–Kier alpha value is -1.43. The zero-order valence-electron chi connectivity index (χ0n) is 8.06. The third-order valence-electron chi connectivity index (χ3n) is 1.84. The van der Waals surface area contributed by atoms with Gasteiger partial charge in [-0.25, -0.2) is 13.2 Å². The maximum atomic E-state index is 11.1. The summed E-state index contributed by atoms with van der Waals surface area (Å²) >= 11 is 0. The van der Waals surface area contributed by atoms with E-state index in [1.807, 2.05) is 0 Å². The van der Waals surface area contributed by atoms with E-state index >= 15 is 0 Å². The summed E-state index contributed by atoms with van der Waals surface area (Å²) in [5.41, 5.74) is 0.00523. The lowest BCUT2D eigenvalue weighted by molar-refractivity contribution is -0.134. The minimum absolute atomic E-state index is 0.0526. The topological polar surface area (TPSA) is 88.5 Å². The van der Waals surface area contributed by atoms with E-state index in [2.05, 4.69) is 0 Å². The van der Waals surface area contributed by atoms with Gasteiger partial charge in [0.25, 0.3) is 0 Å². The largest absolute Gasteiger partial charge is 0.478 e. The molecule has 0 unspecified atom stereocenters. The minimum Gasteiger partial charge on any atom is -0.478 e. The van der Waals surface area contributed by atoms with Gasteiger partial charge in [-0.2, -0.15) is 0 Å². The number of sulfone groups is 1. The van der Waals surface area contributed by atoms with Gasteiger partial charge in [-0.05, 0) is 11.6 Å². The Balaban J connectivity index is 2.97. The molecule has 0 aromatic heterocycles. The first kappa shape index (κ1) is 11.6. The SMILES string of the molecule is CS(=O)(=O)CC1=CCC(=O)C(C(=O)O)=C1. The lowest BCUT2D eigenvalue weighted by Gasteiger charge is -2.08. The van der Waals surface area contributed by atoms with E-state index in [0.717, 1.165) is 12.3 Å². The van der Waals surface area contributed by atoms with Crippen LogP contribution in [0.5, 0.6) is 0 Å². The molecule has 1 aliphatic carbocycles. The minimum atomic E-state index is -3.21. The van der Waals surface area contributed by atoms with Crippen LogP contribution in [0.25, 0.3) is 0 Å². The molecule has 1 N–H and O–H groups in total. The molecule has 0 spiro atoms. The van der Waals surface area contributed by atoms with Crippen molar-refractivity contribution in [2.24, 2.45) is 0 Å². The van der Waals surface area contributed by atoms with E-state index in [4.69, 9.17) is 5.11 Å². The third kappa shape index (κ3) is 3.32. The van der Waals surface area contributed by atoms with E-state index in [-0.39, 0.29) is 17.7 Å². The van der Waals surface area contributed by atoms with Crippen molar-refractivity contribution < 1.29 is 23.1 Å². The van der Waals surface area contributed by atoms with Gasteiger partial charge in [0.15, 0.2) is 15.6 Å². The van der Waals surface area contributed by atoms with Crippen LogP contribution in [0.1, 0.15) is 6.42 Å². The molecule has 15 heavy (non-hydrogen) atoms. The van der Waals surface area contributed by atoms with Gasteiger partial charge in [0.05, 0.1) is 5.75 Å². The smallest absolute Gasteiger partial charge is 0.339 e. The Kier molecular flexibility index (Phi) is 3.09. The van der Waals surface area contributed by atoms with Gasteiger partial charge in [-0.15, -0.1) is 0 Å². The van der Waals surface area contributed by atoms with Crippen molar-refractivity contribution in [1.29, 1.82) is 0 Å². The van der Waals surface area contributed by atoms with Crippen LogP contribution >= 0.6 is 0 Å². The van der Waals surface area contributed by atoms with Crippen LogP contribution in [0.3, 0.4) is 0 Å². The second-order valence-electron chi connectivity index (χ2n) is 3.34. The fraction of sp³-hybridized carbons (Fsp3) is 0.333. The fourth-order valence-corrected chi connectivity index (χ4v) is 2.05. The van der Waals surface area contributed by atoms with Gasteiger partial charge >= 0.3 is 5.97 Å². The highest BCUT2D eigenvalue weighted by atomic mass is 32.2. The number of aliphatic carboxylic acids is 1. The number of rotatable bonds is 3. The van der Waals surface area contributed by atoms with Crippen LogP contribution in [-0.4, -0.2) is 37.3 Å². The molecule has 0 aromatic carbocycles. The maximum Gasteiger partial charge on any atom is 0.339 e. The first-order chi connectivity index (χ1) is 6.79. The summed E-state index contributed by atoms with van der Waals surface area (Å²) in [7, 11) is -3.21. The highest BCUT2D eigenvalue weighted by Gasteiger charge is 2.21. The second kappa shape index (κ2) is 3.98. The number of carbonyl (C=O) groups is 2. The fourth-order valence-electron chi connectivity index (χ4n) is 1.24. The Morgan fingerprint density at radius 2 is 2.13 bits per heavy atom. The summed E-state index contributed by atoms with van der Waals surface area (Å²) in [5, 5.41) is 8.66. The van der Waals surface area contributed by atoms with E-state index in [1.165, 1.54) is 6.08 Å². The van der Waals surface area contributed by atoms with Crippen molar-refractivity contribution in [2.45, 2.75) is 6.42 Å². The molecule has 5 nitrogen and oxygen atoms in total. The Bertz CT molecular complexity index is 467. The molecule has 0 saturated heterocycles. The Morgan fingerprint density at radius 1 is 1.53 bits per heavy atom. The zero-order valence-corrected chi connectivity index (χ0v) is 8.87. The quantitative estimate of drug-likeness (QED) is 0.686. The van der Waals surface area contributed by atoms with E-state index in [9.17, 15) is 18.0 Å². The van der Waals surface area contributed by atoms with Crippen LogP contribution in [-0.2, 0) is 19.4 Å². The summed E-state index contributed by atoms with van der Waals surface area (Å²) in [4.78, 5) is 21.7. The highest BCUT2D eigenvalue weighted by Crippen LogP contribution is 2.15. The summed E-state index contributed by atoms with van der Waals surface area (Å²) in [6.45, 7) is 0. The molecule has 82 valence electrons. The molecular weight excluding hydrogens is 220 g/mol. The Morgan fingerprint density at radius 3 is 2.60 bits per heavy atom. The van der Waals surface area contributed by atoms with Crippen LogP contribution in [0.15, 0.2) is 23.3 Å². The predicted molar refractivity (Wildman–Crippen MR) is 53.1 cm³/mol. The van der Waals surface area contributed by atoms with Crippen molar-refractivity contribution in [3.63, 3.8) is 0 Å². The number of hydrogen-bond acceptors (Lipinski definition) is 4. The summed E-state index contributed by atoms with van der Waals surface area (Å²) in [6, 6.07) is 0. The van der Waals surface area contributed by atoms with Crippen LogP contribution < -0.4 is 0 Å². The zero-order chi connectivity index (χ0) is 11.6. The monoisotopic (exact) mass is 230 g/mol. The molecule has 0 fully saturated rings. The summed E-state index contributed by atoms with van der Waals surface area (Å²) < 4.78 is 21.9. The number of allylic oxidation sites excluding steroid dienone is 2. The number of carboxylic acids is 1. The lowest BCUT2D eigenvalue weighted by atomic mass is 9.99. The number of carboxylic acid groups (broad SMARTS) is 1. The summed E-state index contributed by atoms with van der Waals surface area (Å²) in [5.74, 6) is -2.06. The first-order valence-corrected chi connectivity index (χ1v) is 6.20. The van der Waals surface area contributed by atoms with Gasteiger partial charge < -0.3 is 5.11 Å². The van der Waals surface area contributed by atoms with Gasteiger partial charge in [-0.1, -0.05) is 6.08 Å². The predicted octanol–water partition coefficient (Wildman–Crippen LogP) is -0.0588. The molecule has 6 heteroatoms. The molecule has 0 bridgehead atoms. The summed E-state index contributed by atoms with van der Waals surface area (Å²) in [6.07, 6.45) is 3.56. The number of hydrogen-bond donors (Lipinski definition) is 1. The molecule has 1 aliphatic rings. The van der Waals surface area contributed by atoms with Crippen molar-refractivity contribution in [2.75, 3.05) is 12.0 Å². The van der Waals surface area contributed by atoms with Gasteiger partial charge in [0, 0.05) is 12.7 Å². The second-order valence-corrected chi connectivity index (χ2v) is 5.48. The van der Waals surface area contributed by atoms with Gasteiger partial charge in [0.1, 0.15) is 5.57 Å². The van der Waals surface area contributed by atoms with E-state index in [1.54, 1.807) is 0 Å². The number of ketones is 1. The average Bonchev–Trinajstić information content (AvgIpc) is 2.05. The molecule has 0 atom stereocenters. The Labute approximate surface area is 87.0 Å². The maximum absolute atomic E-state index is 11.1. The van der Waals surface area contributed by atoms with E-state index in [0.29, 0.717) is 5.57 Å². The molecule has 0 aliphatic heterocycles. The lowest BCUT2D eigenvalue weighted by Crippen LogP contribution is -2.17. The first-order valence-electron chi connectivity index (χ1n) is 4.14. The third-order valence-corrected chi connectivity index (χ3v) is 2.70. The molecule has 1 rings (SSSR count). The van der Waals surface area contributed by atoms with E-state index < -0.39 is 21.6 Å². The molecule has 0 aromatic rings. The van der Waals surface area contributed by atoms with Crippen LogP contribution in [0.2, 0.25) is 0 Å². The highest BCUT2D eigenvalue weighted by molar-refractivity contribution is 7.90. The standard InChI is InChI=1S/C9H10O5S/c1-15(13,14)5-6-2-3-8(10)7(4-6)9(11)12/h2,4H,3,5H2,1H3,(H,11,12). The van der Waals surface area contributed by atoms with Crippen LogP contribution in [0, 0.1) is 0 Å². The van der Waals surface area contributed by atoms with Crippen molar-refractivity contribution in [3.8, 4) is 0 Å². The average molecular weight is 230 g/mol. The molecule has 0 radical (unpaired) electrons. The molecular formula is C9H10O5S. The van der Waals surface area contributed by atoms with Gasteiger partial charge in [0.2, 0.25) is 0 Å². The molecule has 0 heterocycles. The van der Waals surface area contributed by atoms with Gasteiger partial charge in [-0.3, -0.25) is 4.79 Å². The van der Waals surface area contributed by atoms with Crippen LogP contribution in [0.4, 0.5) is 0 Å². The number of Topliss-reactive ketones (excluding diaryl/α,β-unsaturated/α-hetero) is 1. The van der Waals surface area contributed by atoms with Crippen molar-refractivity contribution >= 4 is 21.6 Å².